The van der Waals surface area contributed by atoms with E-state index < -0.39 is 0 Å². The van der Waals surface area contributed by atoms with Crippen molar-refractivity contribution in [3.8, 4) is 0 Å². The van der Waals surface area contributed by atoms with Gasteiger partial charge in [-0.2, -0.15) is 5.10 Å². The molecule has 1 unspecified atom stereocenters. The first-order valence-electron chi connectivity index (χ1n) is 7.07. The predicted octanol–water partition coefficient (Wildman–Crippen LogP) is 3.28. The summed E-state index contributed by atoms with van der Waals surface area (Å²) in [7, 11) is 0. The molecular weight excluding hydrogens is 210 g/mol. The number of aromatic nitrogens is 2. The first-order valence-corrected chi connectivity index (χ1v) is 7.07. The minimum Gasteiger partial charge on any atom is -0.308 e. The Morgan fingerprint density at radius 1 is 1.41 bits per heavy atom. The summed E-state index contributed by atoms with van der Waals surface area (Å²) in [4.78, 5) is 0. The van der Waals surface area contributed by atoms with Gasteiger partial charge in [0.1, 0.15) is 0 Å². The smallest absolute Gasteiger partial charge is 0.0762 e. The lowest BCUT2D eigenvalue weighted by Gasteiger charge is -2.22. The van der Waals surface area contributed by atoms with E-state index in [2.05, 4.69) is 41.2 Å². The molecule has 0 bridgehead atoms. The molecule has 0 spiro atoms. The highest BCUT2D eigenvalue weighted by Gasteiger charge is 2.13. The average molecular weight is 235 g/mol. The van der Waals surface area contributed by atoms with Crippen molar-refractivity contribution in [2.24, 2.45) is 0 Å². The number of hydrogen-bond donors (Lipinski definition) is 1. The van der Waals surface area contributed by atoms with Crippen molar-refractivity contribution in [2.75, 3.05) is 0 Å². The Labute approximate surface area is 105 Å². The van der Waals surface area contributed by atoms with Gasteiger partial charge in [-0.15, -0.1) is 0 Å². The van der Waals surface area contributed by atoms with Crippen molar-refractivity contribution in [1.29, 1.82) is 0 Å². The van der Waals surface area contributed by atoms with Crippen molar-refractivity contribution in [3.05, 3.63) is 18.0 Å². The lowest BCUT2D eigenvalue weighted by molar-refractivity contribution is 0.369. The second-order valence-electron chi connectivity index (χ2n) is 5.26. The molecule has 0 saturated heterocycles. The maximum absolute atomic E-state index is 4.62. The van der Waals surface area contributed by atoms with Crippen molar-refractivity contribution in [2.45, 2.75) is 71.0 Å². The molecule has 0 aromatic carbocycles. The third-order valence-electron chi connectivity index (χ3n) is 3.88. The van der Waals surface area contributed by atoms with Crippen LogP contribution in [0.1, 0.15) is 64.1 Å². The fraction of sp³-hybridized carbons (Fsp3) is 0.786. The molecule has 1 aliphatic rings. The zero-order valence-corrected chi connectivity index (χ0v) is 11.2. The van der Waals surface area contributed by atoms with E-state index in [1.807, 2.05) is 0 Å². The molecule has 1 heterocycles. The molecule has 0 amide bonds. The van der Waals surface area contributed by atoms with Crippen molar-refractivity contribution in [3.63, 3.8) is 0 Å². The lowest BCUT2D eigenvalue weighted by Crippen LogP contribution is -2.30. The molecule has 1 aromatic rings. The zero-order valence-electron chi connectivity index (χ0n) is 11.2. The summed E-state index contributed by atoms with van der Waals surface area (Å²) in [6.45, 7) is 5.34. The summed E-state index contributed by atoms with van der Waals surface area (Å²) in [6, 6.07) is 3.37. The van der Waals surface area contributed by atoms with Gasteiger partial charge in [0, 0.05) is 24.8 Å². The molecule has 1 N–H and O–H groups in total. The lowest BCUT2D eigenvalue weighted by atomic mass is 9.95. The van der Waals surface area contributed by atoms with Crippen LogP contribution in [0.4, 0.5) is 0 Å². The number of nitrogens with zero attached hydrogens (tertiary/aromatic N) is 2. The third kappa shape index (κ3) is 3.56. The number of rotatable bonds is 5. The van der Waals surface area contributed by atoms with E-state index in [9.17, 15) is 0 Å². The Hall–Kier alpha value is -0.830. The Bertz CT molecular complexity index is 326. The largest absolute Gasteiger partial charge is 0.308 e. The highest BCUT2D eigenvalue weighted by molar-refractivity contribution is 4.99. The Morgan fingerprint density at radius 2 is 2.18 bits per heavy atom. The van der Waals surface area contributed by atoms with Gasteiger partial charge in [-0.3, -0.25) is 4.68 Å². The molecule has 1 aromatic heterocycles. The summed E-state index contributed by atoms with van der Waals surface area (Å²) >= 11 is 0. The molecule has 17 heavy (non-hydrogen) atoms. The average Bonchev–Trinajstić information content (AvgIpc) is 2.85. The van der Waals surface area contributed by atoms with Gasteiger partial charge in [-0.1, -0.05) is 26.2 Å². The first kappa shape index (κ1) is 12.6. The van der Waals surface area contributed by atoms with Gasteiger partial charge in [0.15, 0.2) is 0 Å². The van der Waals surface area contributed by atoms with Crippen LogP contribution in [0.15, 0.2) is 12.3 Å². The van der Waals surface area contributed by atoms with Crippen LogP contribution in [0.2, 0.25) is 0 Å². The number of nitrogens with one attached hydrogen (secondary N) is 1. The topological polar surface area (TPSA) is 29.9 Å². The summed E-state index contributed by atoms with van der Waals surface area (Å²) < 4.78 is 2.08. The monoisotopic (exact) mass is 235 g/mol. The molecule has 2 rings (SSSR count). The van der Waals surface area contributed by atoms with E-state index in [0.717, 1.165) is 19.0 Å². The maximum atomic E-state index is 4.62. The van der Waals surface area contributed by atoms with Crippen LogP contribution in [0.5, 0.6) is 0 Å². The Morgan fingerprint density at radius 3 is 2.88 bits per heavy atom. The molecule has 0 radical (unpaired) electrons. The van der Waals surface area contributed by atoms with Crippen LogP contribution in [0.25, 0.3) is 0 Å². The SMILES string of the molecule is CCC(C)n1ccc(CNC2CCCCC2)n1. The van der Waals surface area contributed by atoms with Gasteiger partial charge >= 0.3 is 0 Å². The van der Waals surface area contributed by atoms with E-state index in [-0.39, 0.29) is 0 Å². The second kappa shape index (κ2) is 6.20. The van der Waals surface area contributed by atoms with Crippen LogP contribution >= 0.6 is 0 Å². The van der Waals surface area contributed by atoms with Gasteiger partial charge < -0.3 is 5.32 Å². The van der Waals surface area contributed by atoms with Crippen molar-refractivity contribution < 1.29 is 0 Å². The first-order chi connectivity index (χ1) is 8.29. The molecule has 3 heteroatoms. The zero-order chi connectivity index (χ0) is 12.1. The third-order valence-corrected chi connectivity index (χ3v) is 3.88. The highest BCUT2D eigenvalue weighted by Crippen LogP contribution is 2.17. The van der Waals surface area contributed by atoms with Crippen LogP contribution < -0.4 is 5.32 Å². The van der Waals surface area contributed by atoms with Crippen LogP contribution in [-0.2, 0) is 6.54 Å². The quantitative estimate of drug-likeness (QED) is 0.849. The minimum absolute atomic E-state index is 0.512. The summed E-state index contributed by atoms with van der Waals surface area (Å²) in [6.07, 6.45) is 10.1. The highest BCUT2D eigenvalue weighted by atomic mass is 15.3. The summed E-state index contributed by atoms with van der Waals surface area (Å²) in [5.41, 5.74) is 1.18. The molecule has 96 valence electrons. The molecule has 1 saturated carbocycles. The van der Waals surface area contributed by atoms with Gasteiger partial charge in [0.05, 0.1) is 5.69 Å². The van der Waals surface area contributed by atoms with E-state index in [1.54, 1.807) is 0 Å². The molecule has 3 nitrogen and oxygen atoms in total. The number of hydrogen-bond acceptors (Lipinski definition) is 2. The molecule has 1 atom stereocenters. The molecular formula is C14H25N3. The predicted molar refractivity (Wildman–Crippen MR) is 70.9 cm³/mol. The van der Waals surface area contributed by atoms with Crippen LogP contribution in [0, 0.1) is 0 Å². The van der Waals surface area contributed by atoms with Crippen LogP contribution in [-0.4, -0.2) is 15.8 Å². The normalized spacial score (nSPS) is 19.4. The van der Waals surface area contributed by atoms with Crippen LogP contribution in [0.3, 0.4) is 0 Å². The molecule has 1 fully saturated rings. The van der Waals surface area contributed by atoms with E-state index in [0.29, 0.717) is 6.04 Å². The van der Waals surface area contributed by atoms with Gasteiger partial charge in [0.2, 0.25) is 0 Å². The Balaban J connectivity index is 1.80. The fourth-order valence-electron chi connectivity index (χ4n) is 2.46. The van der Waals surface area contributed by atoms with Crippen molar-refractivity contribution in [1.82, 2.24) is 15.1 Å². The Kier molecular flexibility index (Phi) is 4.60. The summed E-state index contributed by atoms with van der Waals surface area (Å²) in [5.74, 6) is 0. The van der Waals surface area contributed by atoms with E-state index in [1.165, 1.54) is 37.8 Å². The molecule has 1 aliphatic carbocycles. The second-order valence-corrected chi connectivity index (χ2v) is 5.26. The fourth-order valence-corrected chi connectivity index (χ4v) is 2.46. The molecule has 0 aliphatic heterocycles. The minimum atomic E-state index is 0.512. The van der Waals surface area contributed by atoms with E-state index in [4.69, 9.17) is 0 Å². The van der Waals surface area contributed by atoms with Gasteiger partial charge in [-0.05, 0) is 32.3 Å². The van der Waals surface area contributed by atoms with Gasteiger partial charge in [0.25, 0.3) is 0 Å². The van der Waals surface area contributed by atoms with E-state index >= 15 is 0 Å². The summed E-state index contributed by atoms with van der Waals surface area (Å²) in [5, 5.41) is 8.25. The van der Waals surface area contributed by atoms with Crippen molar-refractivity contribution >= 4 is 0 Å². The standard InChI is InChI=1S/C14H25N3/c1-3-12(2)17-10-9-14(16-17)11-15-13-7-5-4-6-8-13/h9-10,12-13,15H,3-8,11H2,1-2H3. The maximum Gasteiger partial charge on any atom is 0.0762 e. The van der Waals surface area contributed by atoms with Gasteiger partial charge in [-0.25, -0.2) is 0 Å².